The van der Waals surface area contributed by atoms with Crippen LogP contribution in [0.4, 0.5) is 0 Å². The van der Waals surface area contributed by atoms with Gasteiger partial charge in [-0.3, -0.25) is 0 Å². The minimum absolute atomic E-state index is 0.471. The topological polar surface area (TPSA) is 12.0 Å². The summed E-state index contributed by atoms with van der Waals surface area (Å²) in [4.78, 5) is 0. The number of likely N-dealkylation sites (N-methyl/N-ethyl adjacent to an activating group) is 1. The van der Waals surface area contributed by atoms with E-state index in [1.807, 2.05) is 23.9 Å². The molecule has 1 aromatic rings. The second-order valence-electron chi connectivity index (χ2n) is 3.65. The number of halogens is 2. The van der Waals surface area contributed by atoms with Crippen LogP contribution in [0.3, 0.4) is 0 Å². The van der Waals surface area contributed by atoms with Crippen molar-refractivity contribution in [3.05, 3.63) is 33.8 Å². The normalized spacial score (nSPS) is 12.8. The molecule has 16 heavy (non-hydrogen) atoms. The van der Waals surface area contributed by atoms with Crippen molar-refractivity contribution in [1.29, 1.82) is 0 Å². The van der Waals surface area contributed by atoms with E-state index >= 15 is 0 Å². The summed E-state index contributed by atoms with van der Waals surface area (Å²) >= 11 is 13.9. The maximum atomic E-state index is 6.15. The first-order chi connectivity index (χ1) is 7.67. The fraction of sp³-hybridized carbons (Fsp3) is 0.500. The summed E-state index contributed by atoms with van der Waals surface area (Å²) in [5.41, 5.74) is 1.16. The molecule has 1 unspecified atom stereocenters. The van der Waals surface area contributed by atoms with Gasteiger partial charge in [-0.25, -0.2) is 0 Å². The van der Waals surface area contributed by atoms with Crippen LogP contribution < -0.4 is 5.32 Å². The van der Waals surface area contributed by atoms with Gasteiger partial charge in [0.15, 0.2) is 0 Å². The SMILES string of the molecule is CCNC(CSC)Cc1ccc(Cl)cc1Cl. The molecule has 0 saturated heterocycles. The second-order valence-corrected chi connectivity index (χ2v) is 5.40. The van der Waals surface area contributed by atoms with Gasteiger partial charge in [0, 0.05) is 21.8 Å². The molecule has 0 heterocycles. The van der Waals surface area contributed by atoms with E-state index in [9.17, 15) is 0 Å². The Balaban J connectivity index is 2.68. The van der Waals surface area contributed by atoms with E-state index in [-0.39, 0.29) is 0 Å². The first kappa shape index (κ1) is 14.2. The summed E-state index contributed by atoms with van der Waals surface area (Å²) in [6, 6.07) is 6.18. The molecule has 0 spiro atoms. The van der Waals surface area contributed by atoms with Crippen LogP contribution in [0.2, 0.25) is 10.0 Å². The summed E-state index contributed by atoms with van der Waals surface area (Å²) in [6.45, 7) is 3.10. The summed E-state index contributed by atoms with van der Waals surface area (Å²) in [5, 5.41) is 4.92. The number of hydrogen-bond acceptors (Lipinski definition) is 2. The van der Waals surface area contributed by atoms with Gasteiger partial charge in [-0.1, -0.05) is 36.2 Å². The first-order valence-corrected chi connectivity index (χ1v) is 7.48. The van der Waals surface area contributed by atoms with Gasteiger partial charge < -0.3 is 5.32 Å². The standard InChI is InChI=1S/C12H17Cl2NS/c1-3-15-11(8-16-2)6-9-4-5-10(13)7-12(9)14/h4-5,7,11,15H,3,6,8H2,1-2H3. The molecule has 1 rings (SSSR count). The van der Waals surface area contributed by atoms with E-state index in [1.165, 1.54) is 0 Å². The van der Waals surface area contributed by atoms with Gasteiger partial charge in [0.1, 0.15) is 0 Å². The maximum Gasteiger partial charge on any atom is 0.0453 e. The molecule has 1 atom stereocenters. The fourth-order valence-electron chi connectivity index (χ4n) is 1.63. The Morgan fingerprint density at radius 2 is 2.12 bits per heavy atom. The van der Waals surface area contributed by atoms with Crippen LogP contribution in [0.5, 0.6) is 0 Å². The highest BCUT2D eigenvalue weighted by atomic mass is 35.5. The Hall–Kier alpha value is 0.110. The monoisotopic (exact) mass is 277 g/mol. The highest BCUT2D eigenvalue weighted by molar-refractivity contribution is 7.98. The third-order valence-corrected chi connectivity index (χ3v) is 3.66. The fourth-order valence-corrected chi connectivity index (χ4v) is 2.76. The van der Waals surface area contributed by atoms with Crippen molar-refractivity contribution in [2.75, 3.05) is 18.6 Å². The number of benzene rings is 1. The molecule has 0 saturated carbocycles. The van der Waals surface area contributed by atoms with Crippen molar-refractivity contribution in [2.24, 2.45) is 0 Å². The lowest BCUT2D eigenvalue weighted by molar-refractivity contribution is 0.573. The van der Waals surface area contributed by atoms with Crippen molar-refractivity contribution in [3.63, 3.8) is 0 Å². The van der Waals surface area contributed by atoms with Crippen LogP contribution in [0.1, 0.15) is 12.5 Å². The van der Waals surface area contributed by atoms with E-state index in [4.69, 9.17) is 23.2 Å². The zero-order valence-electron chi connectivity index (χ0n) is 9.59. The van der Waals surface area contributed by atoms with E-state index in [1.54, 1.807) is 6.07 Å². The van der Waals surface area contributed by atoms with Crippen LogP contribution in [0.25, 0.3) is 0 Å². The number of hydrogen-bond donors (Lipinski definition) is 1. The van der Waals surface area contributed by atoms with Crippen molar-refractivity contribution in [1.82, 2.24) is 5.32 Å². The molecule has 0 aliphatic carbocycles. The highest BCUT2D eigenvalue weighted by Crippen LogP contribution is 2.22. The predicted octanol–water partition coefficient (Wildman–Crippen LogP) is 3.88. The highest BCUT2D eigenvalue weighted by Gasteiger charge is 2.10. The van der Waals surface area contributed by atoms with Crippen LogP contribution in [-0.2, 0) is 6.42 Å². The van der Waals surface area contributed by atoms with Crippen LogP contribution in [0, 0.1) is 0 Å². The van der Waals surface area contributed by atoms with Crippen molar-refractivity contribution < 1.29 is 0 Å². The molecule has 0 amide bonds. The molecule has 0 aliphatic rings. The molecule has 0 aliphatic heterocycles. The van der Waals surface area contributed by atoms with Crippen molar-refractivity contribution in [3.8, 4) is 0 Å². The quantitative estimate of drug-likeness (QED) is 0.847. The molecule has 0 fully saturated rings. The first-order valence-electron chi connectivity index (χ1n) is 5.33. The van der Waals surface area contributed by atoms with Crippen molar-refractivity contribution in [2.45, 2.75) is 19.4 Å². The third-order valence-electron chi connectivity index (χ3n) is 2.34. The summed E-state index contributed by atoms with van der Waals surface area (Å²) in [7, 11) is 0. The summed E-state index contributed by atoms with van der Waals surface area (Å²) in [6.07, 6.45) is 3.07. The molecule has 90 valence electrons. The van der Waals surface area contributed by atoms with E-state index in [0.29, 0.717) is 11.1 Å². The average Bonchev–Trinajstić information content (AvgIpc) is 2.23. The predicted molar refractivity (Wildman–Crippen MR) is 76.0 cm³/mol. The molecular weight excluding hydrogens is 261 g/mol. The molecule has 1 N–H and O–H groups in total. The van der Waals surface area contributed by atoms with Gasteiger partial charge in [0.2, 0.25) is 0 Å². The molecular formula is C12H17Cl2NS. The number of rotatable bonds is 6. The van der Waals surface area contributed by atoms with Gasteiger partial charge in [-0.15, -0.1) is 0 Å². The number of nitrogens with one attached hydrogen (secondary N) is 1. The largest absolute Gasteiger partial charge is 0.313 e. The van der Waals surface area contributed by atoms with Gasteiger partial charge >= 0.3 is 0 Å². The molecule has 1 aromatic carbocycles. The Morgan fingerprint density at radius 1 is 1.38 bits per heavy atom. The van der Waals surface area contributed by atoms with Gasteiger partial charge in [-0.2, -0.15) is 11.8 Å². The molecule has 0 bridgehead atoms. The van der Waals surface area contributed by atoms with E-state index in [2.05, 4.69) is 18.5 Å². The van der Waals surface area contributed by atoms with Crippen LogP contribution in [-0.4, -0.2) is 24.6 Å². The lowest BCUT2D eigenvalue weighted by atomic mass is 10.1. The smallest absolute Gasteiger partial charge is 0.0453 e. The van der Waals surface area contributed by atoms with E-state index < -0.39 is 0 Å². The van der Waals surface area contributed by atoms with Gasteiger partial charge in [0.25, 0.3) is 0 Å². The Morgan fingerprint density at radius 3 is 2.69 bits per heavy atom. The lowest BCUT2D eigenvalue weighted by Crippen LogP contribution is -2.33. The maximum absolute atomic E-state index is 6.15. The van der Waals surface area contributed by atoms with Gasteiger partial charge in [-0.05, 0) is 36.9 Å². The van der Waals surface area contributed by atoms with Gasteiger partial charge in [0.05, 0.1) is 0 Å². The average molecular weight is 278 g/mol. The molecule has 0 aromatic heterocycles. The summed E-state index contributed by atoms with van der Waals surface area (Å²) < 4.78 is 0. The zero-order chi connectivity index (χ0) is 12.0. The zero-order valence-corrected chi connectivity index (χ0v) is 11.9. The minimum atomic E-state index is 0.471. The van der Waals surface area contributed by atoms with Crippen LogP contribution >= 0.6 is 35.0 Å². The minimum Gasteiger partial charge on any atom is -0.313 e. The van der Waals surface area contributed by atoms with Crippen molar-refractivity contribution >= 4 is 35.0 Å². The number of thioether (sulfide) groups is 1. The second kappa shape index (κ2) is 7.44. The van der Waals surface area contributed by atoms with Crippen LogP contribution in [0.15, 0.2) is 18.2 Å². The molecule has 1 nitrogen and oxygen atoms in total. The Bertz CT molecular complexity index is 325. The molecule has 0 radical (unpaired) electrons. The summed E-state index contributed by atoms with van der Waals surface area (Å²) in [5.74, 6) is 1.09. The lowest BCUT2D eigenvalue weighted by Gasteiger charge is -2.17. The Kier molecular flexibility index (Phi) is 6.59. The van der Waals surface area contributed by atoms with E-state index in [0.717, 1.165) is 29.3 Å². The molecule has 4 heteroatoms. The Labute approximate surface area is 112 Å². The third kappa shape index (κ3) is 4.54.